The highest BCUT2D eigenvalue weighted by atomic mass is 32.2. The lowest BCUT2D eigenvalue weighted by Gasteiger charge is -2.36. The van der Waals surface area contributed by atoms with Crippen molar-refractivity contribution in [3.63, 3.8) is 0 Å². The van der Waals surface area contributed by atoms with Crippen molar-refractivity contribution in [3.8, 4) is 0 Å². The molecule has 1 unspecified atom stereocenters. The molecule has 10 nitrogen and oxygen atoms in total. The van der Waals surface area contributed by atoms with Gasteiger partial charge < -0.3 is 10.1 Å². The summed E-state index contributed by atoms with van der Waals surface area (Å²) in [6, 6.07) is 15.8. The van der Waals surface area contributed by atoms with Gasteiger partial charge in [0, 0.05) is 24.4 Å². The molecule has 0 spiro atoms. The highest BCUT2D eigenvalue weighted by molar-refractivity contribution is 7.89. The van der Waals surface area contributed by atoms with Crippen molar-refractivity contribution in [3.05, 3.63) is 99.9 Å². The Bertz CT molecular complexity index is 1430. The normalized spacial score (nSPS) is 15.4. The van der Waals surface area contributed by atoms with Crippen LogP contribution in [-0.4, -0.2) is 42.7 Å². The number of rotatable bonds is 8. The Labute approximate surface area is 211 Å². The maximum Gasteiger partial charge on any atom is 0.308 e. The number of nitrogens with one attached hydrogen (secondary N) is 1. The van der Waals surface area contributed by atoms with E-state index in [0.29, 0.717) is 12.0 Å². The second kappa shape index (κ2) is 10.8. The predicted octanol–water partition coefficient (Wildman–Crippen LogP) is 3.59. The first-order chi connectivity index (χ1) is 17.6. The number of carbonyl (C=O) groups is 2. The van der Waals surface area contributed by atoms with Crippen LogP contribution in [0.15, 0.2) is 77.7 Å². The Morgan fingerprint density at radius 1 is 1.05 bits per heavy atom. The van der Waals surface area contributed by atoms with Crippen LogP contribution in [0.5, 0.6) is 0 Å². The van der Waals surface area contributed by atoms with Crippen LogP contribution >= 0.6 is 0 Å². The Hall–Kier alpha value is -4.16. The van der Waals surface area contributed by atoms with Gasteiger partial charge in [0.05, 0.1) is 22.3 Å². The fraction of sp³-hybridized carbons (Fsp3) is 0.200. The fourth-order valence-electron chi connectivity index (χ4n) is 4.10. The molecule has 0 aliphatic carbocycles. The molecule has 0 saturated carbocycles. The molecule has 1 aliphatic rings. The molecule has 1 heterocycles. The number of amides is 1. The van der Waals surface area contributed by atoms with Crippen molar-refractivity contribution in [2.45, 2.75) is 23.8 Å². The number of nitro benzene ring substituents is 1. The van der Waals surface area contributed by atoms with E-state index in [1.165, 1.54) is 40.7 Å². The average molecular weight is 528 g/mol. The van der Waals surface area contributed by atoms with Gasteiger partial charge in [0.25, 0.3) is 11.6 Å². The first-order valence-electron chi connectivity index (χ1n) is 11.2. The molecular weight excluding hydrogens is 505 g/mol. The van der Waals surface area contributed by atoms with Gasteiger partial charge in [-0.2, -0.15) is 4.31 Å². The summed E-state index contributed by atoms with van der Waals surface area (Å²) in [6.45, 7) is -0.524. The maximum absolute atomic E-state index is 13.4. The van der Waals surface area contributed by atoms with Gasteiger partial charge in [-0.15, -0.1) is 0 Å². The first-order valence-corrected chi connectivity index (χ1v) is 12.6. The lowest BCUT2D eigenvalue weighted by atomic mass is 9.92. The standard InChI is InChI=1S/C25H22FN3O7S/c26-18-5-11-21(12-6-18)37(34,35)28-14-13-17-3-1-2-4-22(17)23(28)15-25(31)36-16-24(30)27-19-7-9-20(10-8-19)29(32)33/h1-12,23H,13-16H2,(H,27,30). The van der Waals surface area contributed by atoms with Crippen LogP contribution < -0.4 is 5.32 Å². The summed E-state index contributed by atoms with van der Waals surface area (Å²) in [7, 11) is -4.07. The van der Waals surface area contributed by atoms with Gasteiger partial charge in [0.2, 0.25) is 10.0 Å². The third kappa shape index (κ3) is 5.98. The van der Waals surface area contributed by atoms with Crippen molar-refractivity contribution in [2.24, 2.45) is 0 Å². The average Bonchev–Trinajstić information content (AvgIpc) is 2.88. The molecule has 1 amide bonds. The Balaban J connectivity index is 1.46. The summed E-state index contributed by atoms with van der Waals surface area (Å²) in [6.07, 6.45) is 0.0854. The third-order valence-corrected chi connectivity index (χ3v) is 7.79. The number of nitrogens with zero attached hydrogens (tertiary/aromatic N) is 2. The highest BCUT2D eigenvalue weighted by Crippen LogP contribution is 2.36. The van der Waals surface area contributed by atoms with Crippen LogP contribution in [0.2, 0.25) is 0 Å². The van der Waals surface area contributed by atoms with Crippen LogP contribution in [0.4, 0.5) is 15.8 Å². The van der Waals surface area contributed by atoms with E-state index in [0.717, 1.165) is 17.7 Å². The first kappa shape index (κ1) is 25.9. The molecule has 1 aliphatic heterocycles. The summed E-state index contributed by atoms with van der Waals surface area (Å²) in [5, 5.41) is 13.2. The zero-order valence-electron chi connectivity index (χ0n) is 19.4. The smallest absolute Gasteiger partial charge is 0.308 e. The van der Waals surface area contributed by atoms with E-state index in [1.54, 1.807) is 12.1 Å². The minimum atomic E-state index is -4.07. The largest absolute Gasteiger partial charge is 0.456 e. The summed E-state index contributed by atoms with van der Waals surface area (Å²) in [5.74, 6) is -2.03. The number of anilines is 1. The van der Waals surface area contributed by atoms with Gasteiger partial charge in [-0.05, 0) is 53.9 Å². The minimum Gasteiger partial charge on any atom is -0.456 e. The zero-order chi connectivity index (χ0) is 26.6. The van der Waals surface area contributed by atoms with E-state index in [1.807, 2.05) is 12.1 Å². The second-order valence-corrected chi connectivity index (χ2v) is 10.1. The number of carbonyl (C=O) groups excluding carboxylic acids is 2. The van der Waals surface area contributed by atoms with Crippen LogP contribution in [0.25, 0.3) is 0 Å². The fourth-order valence-corrected chi connectivity index (χ4v) is 5.70. The van der Waals surface area contributed by atoms with E-state index in [4.69, 9.17) is 4.74 Å². The van der Waals surface area contributed by atoms with Gasteiger partial charge >= 0.3 is 5.97 Å². The summed E-state index contributed by atoms with van der Waals surface area (Å²) in [5.41, 5.74) is 1.68. The summed E-state index contributed by atoms with van der Waals surface area (Å²) >= 11 is 0. The monoisotopic (exact) mass is 527 g/mol. The molecule has 0 aromatic heterocycles. The van der Waals surface area contributed by atoms with Gasteiger partial charge in [0.15, 0.2) is 6.61 Å². The SMILES string of the molecule is O=C(COC(=O)CC1c2ccccc2CCN1S(=O)(=O)c1ccc(F)cc1)Nc1ccc([N+](=O)[O-])cc1. The van der Waals surface area contributed by atoms with Crippen molar-refractivity contribution < 1.29 is 32.1 Å². The highest BCUT2D eigenvalue weighted by Gasteiger charge is 2.38. The van der Waals surface area contributed by atoms with Crippen LogP contribution in [-0.2, 0) is 30.8 Å². The molecule has 0 bridgehead atoms. The number of benzene rings is 3. The number of nitro groups is 1. The quantitative estimate of drug-likeness (QED) is 0.269. The number of hydrogen-bond donors (Lipinski definition) is 1. The van der Waals surface area contributed by atoms with Gasteiger partial charge in [-0.3, -0.25) is 19.7 Å². The maximum atomic E-state index is 13.4. The molecule has 0 saturated heterocycles. The second-order valence-electron chi connectivity index (χ2n) is 8.25. The molecule has 3 aromatic carbocycles. The number of fused-ring (bicyclic) bond motifs is 1. The predicted molar refractivity (Wildman–Crippen MR) is 130 cm³/mol. The van der Waals surface area contributed by atoms with Crippen LogP contribution in [0.1, 0.15) is 23.6 Å². The molecular formula is C25H22FN3O7S. The Morgan fingerprint density at radius 3 is 2.41 bits per heavy atom. The van der Waals surface area contributed by atoms with Gasteiger partial charge in [-0.25, -0.2) is 12.8 Å². The van der Waals surface area contributed by atoms with Crippen LogP contribution in [0.3, 0.4) is 0 Å². The van der Waals surface area contributed by atoms with Crippen LogP contribution in [0, 0.1) is 15.9 Å². The molecule has 192 valence electrons. The number of ether oxygens (including phenoxy) is 1. The zero-order valence-corrected chi connectivity index (χ0v) is 20.2. The Kier molecular flexibility index (Phi) is 7.60. The van der Waals surface area contributed by atoms with Crippen molar-refractivity contribution >= 4 is 33.3 Å². The summed E-state index contributed by atoms with van der Waals surface area (Å²) in [4.78, 5) is 35.0. The molecule has 0 radical (unpaired) electrons. The molecule has 0 fully saturated rings. The van der Waals surface area contributed by atoms with Gasteiger partial charge in [-0.1, -0.05) is 24.3 Å². The van der Waals surface area contributed by atoms with E-state index >= 15 is 0 Å². The molecule has 37 heavy (non-hydrogen) atoms. The third-order valence-electron chi connectivity index (χ3n) is 5.87. The summed E-state index contributed by atoms with van der Waals surface area (Å²) < 4.78 is 46.4. The number of hydrogen-bond acceptors (Lipinski definition) is 7. The van der Waals surface area contributed by atoms with E-state index in [2.05, 4.69) is 5.32 Å². The lowest BCUT2D eigenvalue weighted by molar-refractivity contribution is -0.384. The Morgan fingerprint density at radius 2 is 1.73 bits per heavy atom. The van der Waals surface area contributed by atoms with Gasteiger partial charge in [0.1, 0.15) is 5.82 Å². The molecule has 12 heteroatoms. The van der Waals surface area contributed by atoms with Crippen molar-refractivity contribution in [1.82, 2.24) is 4.31 Å². The molecule has 1 atom stereocenters. The number of non-ortho nitro benzene ring substituents is 1. The number of sulfonamides is 1. The topological polar surface area (TPSA) is 136 Å². The van der Waals surface area contributed by atoms with E-state index in [9.17, 15) is 32.5 Å². The van der Waals surface area contributed by atoms with Crippen molar-refractivity contribution in [2.75, 3.05) is 18.5 Å². The minimum absolute atomic E-state index is 0.103. The number of halogens is 1. The van der Waals surface area contributed by atoms with E-state index < -0.39 is 45.3 Å². The molecule has 1 N–H and O–H groups in total. The molecule has 4 rings (SSSR count). The molecule has 3 aromatic rings. The van der Waals surface area contributed by atoms with Crippen molar-refractivity contribution in [1.29, 1.82) is 0 Å². The van der Waals surface area contributed by atoms with E-state index in [-0.39, 0.29) is 29.2 Å². The lowest BCUT2D eigenvalue weighted by Crippen LogP contribution is -2.41. The number of esters is 1.